The van der Waals surface area contributed by atoms with Crippen LogP contribution < -0.4 is 5.73 Å². The molecule has 94 valence electrons. The molecule has 0 aromatic heterocycles. The summed E-state index contributed by atoms with van der Waals surface area (Å²) < 4.78 is 26.3. The Bertz CT molecular complexity index is 323. The molecule has 1 saturated heterocycles. The highest BCUT2D eigenvalue weighted by Gasteiger charge is 2.34. The van der Waals surface area contributed by atoms with Crippen LogP contribution in [-0.2, 0) is 10.0 Å². The fourth-order valence-electron chi connectivity index (χ4n) is 2.78. The summed E-state index contributed by atoms with van der Waals surface area (Å²) in [5.41, 5.74) is 5.85. The van der Waals surface area contributed by atoms with E-state index in [4.69, 9.17) is 5.73 Å². The van der Waals surface area contributed by atoms with Crippen molar-refractivity contribution in [3.63, 3.8) is 0 Å². The predicted molar refractivity (Wildman–Crippen MR) is 64.6 cm³/mol. The van der Waals surface area contributed by atoms with Crippen LogP contribution in [0.5, 0.6) is 0 Å². The molecule has 0 aromatic carbocycles. The Hall–Kier alpha value is -0.130. The number of hydrogen-bond donors (Lipinski definition) is 1. The molecule has 1 unspecified atom stereocenters. The third kappa shape index (κ3) is 2.57. The monoisotopic (exact) mass is 246 g/mol. The van der Waals surface area contributed by atoms with E-state index >= 15 is 0 Å². The summed E-state index contributed by atoms with van der Waals surface area (Å²) in [5.74, 6) is 0. The second-order valence-corrected chi connectivity index (χ2v) is 7.28. The van der Waals surface area contributed by atoms with Crippen molar-refractivity contribution >= 4 is 10.0 Å². The molecule has 16 heavy (non-hydrogen) atoms. The van der Waals surface area contributed by atoms with Gasteiger partial charge in [-0.05, 0) is 25.7 Å². The Balaban J connectivity index is 2.05. The molecular formula is C11H22N2O2S. The molecule has 2 rings (SSSR count). The lowest BCUT2D eigenvalue weighted by Crippen LogP contribution is -2.49. The Morgan fingerprint density at radius 1 is 1.00 bits per heavy atom. The fraction of sp³-hybridized carbons (Fsp3) is 1.00. The molecule has 5 heteroatoms. The average Bonchev–Trinajstić information content (AvgIpc) is 2.30. The Labute approximate surface area is 98.2 Å². The Morgan fingerprint density at radius 2 is 1.69 bits per heavy atom. The van der Waals surface area contributed by atoms with E-state index in [1.54, 1.807) is 4.31 Å². The van der Waals surface area contributed by atoms with Gasteiger partial charge in [0.15, 0.2) is 0 Å². The molecule has 1 heterocycles. The van der Waals surface area contributed by atoms with Crippen molar-refractivity contribution < 1.29 is 8.42 Å². The molecule has 0 spiro atoms. The molecule has 0 amide bonds. The lowest BCUT2D eigenvalue weighted by molar-refractivity contribution is 0.308. The fourth-order valence-corrected chi connectivity index (χ4v) is 4.91. The first-order valence-corrected chi connectivity index (χ1v) is 7.85. The predicted octanol–water partition coefficient (Wildman–Crippen LogP) is 1.07. The number of hydrogen-bond acceptors (Lipinski definition) is 3. The normalized spacial score (nSPS) is 30.4. The van der Waals surface area contributed by atoms with E-state index in [0.717, 1.165) is 38.5 Å². The molecule has 2 N–H and O–H groups in total. The zero-order valence-electron chi connectivity index (χ0n) is 9.77. The van der Waals surface area contributed by atoms with E-state index < -0.39 is 10.0 Å². The summed E-state index contributed by atoms with van der Waals surface area (Å²) >= 11 is 0. The standard InChI is InChI=1S/C11H22N2O2S/c12-10-5-4-8-13(9-10)16(14,15)11-6-2-1-3-7-11/h10-11H,1-9,12H2. The second-order valence-electron chi connectivity index (χ2n) is 5.07. The van der Waals surface area contributed by atoms with Gasteiger partial charge in [0.1, 0.15) is 0 Å². The van der Waals surface area contributed by atoms with Gasteiger partial charge in [-0.15, -0.1) is 0 Å². The van der Waals surface area contributed by atoms with Crippen LogP contribution in [0, 0.1) is 0 Å². The van der Waals surface area contributed by atoms with Gasteiger partial charge in [0, 0.05) is 19.1 Å². The van der Waals surface area contributed by atoms with Gasteiger partial charge in [-0.25, -0.2) is 12.7 Å². The number of rotatable bonds is 2. The van der Waals surface area contributed by atoms with Gasteiger partial charge in [-0.1, -0.05) is 19.3 Å². The topological polar surface area (TPSA) is 63.4 Å². The lowest BCUT2D eigenvalue weighted by atomic mass is 10.0. The smallest absolute Gasteiger partial charge is 0.217 e. The molecular weight excluding hydrogens is 224 g/mol. The third-order valence-electron chi connectivity index (χ3n) is 3.75. The van der Waals surface area contributed by atoms with Crippen molar-refractivity contribution in [1.82, 2.24) is 4.31 Å². The maximum Gasteiger partial charge on any atom is 0.217 e. The molecule has 1 atom stereocenters. The second kappa shape index (κ2) is 5.02. The minimum absolute atomic E-state index is 0.0344. The van der Waals surface area contributed by atoms with Gasteiger partial charge in [-0.3, -0.25) is 0 Å². The van der Waals surface area contributed by atoms with Crippen molar-refractivity contribution in [2.24, 2.45) is 5.73 Å². The van der Waals surface area contributed by atoms with Gasteiger partial charge in [-0.2, -0.15) is 0 Å². The number of piperidine rings is 1. The number of nitrogens with zero attached hydrogens (tertiary/aromatic N) is 1. The number of sulfonamides is 1. The van der Waals surface area contributed by atoms with E-state index in [9.17, 15) is 8.42 Å². The Kier molecular flexibility index (Phi) is 3.87. The van der Waals surface area contributed by atoms with Crippen LogP contribution in [0.1, 0.15) is 44.9 Å². The molecule has 1 aliphatic carbocycles. The summed E-state index contributed by atoms with van der Waals surface area (Å²) in [6.45, 7) is 1.20. The molecule has 1 saturated carbocycles. The molecule has 2 fully saturated rings. The highest BCUT2D eigenvalue weighted by atomic mass is 32.2. The maximum absolute atomic E-state index is 12.4. The van der Waals surface area contributed by atoms with E-state index in [2.05, 4.69) is 0 Å². The largest absolute Gasteiger partial charge is 0.327 e. The summed E-state index contributed by atoms with van der Waals surface area (Å²) in [5, 5.41) is -0.133. The lowest BCUT2D eigenvalue weighted by Gasteiger charge is -2.34. The highest BCUT2D eigenvalue weighted by molar-refractivity contribution is 7.89. The van der Waals surface area contributed by atoms with Crippen LogP contribution in [0.15, 0.2) is 0 Å². The summed E-state index contributed by atoms with van der Waals surface area (Å²) in [6, 6.07) is 0.0344. The van der Waals surface area contributed by atoms with E-state index in [1.807, 2.05) is 0 Å². The first-order chi connectivity index (χ1) is 7.60. The minimum atomic E-state index is -3.06. The van der Waals surface area contributed by atoms with Crippen LogP contribution in [0.3, 0.4) is 0 Å². The molecule has 0 radical (unpaired) electrons. The van der Waals surface area contributed by atoms with E-state index in [1.165, 1.54) is 6.42 Å². The maximum atomic E-state index is 12.4. The molecule has 1 aliphatic heterocycles. The van der Waals surface area contributed by atoms with Gasteiger partial charge in [0.25, 0.3) is 0 Å². The first kappa shape index (κ1) is 12.3. The zero-order chi connectivity index (χ0) is 11.6. The molecule has 0 aromatic rings. The van der Waals surface area contributed by atoms with Crippen molar-refractivity contribution in [3.05, 3.63) is 0 Å². The van der Waals surface area contributed by atoms with Gasteiger partial charge in [0.05, 0.1) is 5.25 Å². The first-order valence-electron chi connectivity index (χ1n) is 6.35. The van der Waals surface area contributed by atoms with Crippen molar-refractivity contribution in [1.29, 1.82) is 0 Å². The highest BCUT2D eigenvalue weighted by Crippen LogP contribution is 2.27. The zero-order valence-corrected chi connectivity index (χ0v) is 10.6. The van der Waals surface area contributed by atoms with Gasteiger partial charge >= 0.3 is 0 Å². The minimum Gasteiger partial charge on any atom is -0.327 e. The Morgan fingerprint density at radius 3 is 2.31 bits per heavy atom. The van der Waals surface area contributed by atoms with E-state index in [-0.39, 0.29) is 11.3 Å². The van der Waals surface area contributed by atoms with Crippen molar-refractivity contribution in [3.8, 4) is 0 Å². The summed E-state index contributed by atoms with van der Waals surface area (Å²) in [4.78, 5) is 0. The van der Waals surface area contributed by atoms with Gasteiger partial charge in [0.2, 0.25) is 10.0 Å². The van der Waals surface area contributed by atoms with Crippen molar-refractivity contribution in [2.45, 2.75) is 56.2 Å². The summed E-state index contributed by atoms with van der Waals surface area (Å²) in [6.07, 6.45) is 6.85. The molecule has 4 nitrogen and oxygen atoms in total. The van der Waals surface area contributed by atoms with Gasteiger partial charge < -0.3 is 5.73 Å². The third-order valence-corrected chi connectivity index (χ3v) is 6.12. The van der Waals surface area contributed by atoms with E-state index in [0.29, 0.717) is 13.1 Å². The summed E-state index contributed by atoms with van der Waals surface area (Å²) in [7, 11) is -3.06. The molecule has 2 aliphatic rings. The van der Waals surface area contributed by atoms with Crippen LogP contribution in [-0.4, -0.2) is 37.1 Å². The molecule has 0 bridgehead atoms. The average molecular weight is 246 g/mol. The van der Waals surface area contributed by atoms with Crippen LogP contribution in [0.2, 0.25) is 0 Å². The number of nitrogens with two attached hydrogens (primary N) is 1. The van der Waals surface area contributed by atoms with Crippen LogP contribution >= 0.6 is 0 Å². The quantitative estimate of drug-likeness (QED) is 0.793. The SMILES string of the molecule is NC1CCCN(S(=O)(=O)C2CCCCC2)C1. The van der Waals surface area contributed by atoms with Crippen LogP contribution in [0.25, 0.3) is 0 Å². The van der Waals surface area contributed by atoms with Crippen molar-refractivity contribution in [2.75, 3.05) is 13.1 Å². The van der Waals surface area contributed by atoms with Crippen LogP contribution in [0.4, 0.5) is 0 Å².